The number of rotatable bonds is 7. The van der Waals surface area contributed by atoms with E-state index in [9.17, 15) is 9.90 Å². The van der Waals surface area contributed by atoms with Crippen molar-refractivity contribution in [3.05, 3.63) is 0 Å². The molecule has 0 aliphatic heterocycles. The third-order valence-corrected chi connectivity index (χ3v) is 1.79. The van der Waals surface area contributed by atoms with Gasteiger partial charge in [-0.25, -0.2) is 0 Å². The molecule has 0 bridgehead atoms. The van der Waals surface area contributed by atoms with Crippen molar-refractivity contribution in [3.63, 3.8) is 0 Å². The van der Waals surface area contributed by atoms with E-state index in [1.165, 1.54) is 0 Å². The average Bonchev–Trinajstić information content (AvgIpc) is 2.05. The summed E-state index contributed by atoms with van der Waals surface area (Å²) in [6, 6.07) is 0. The topological polar surface area (TPSA) is 46.5 Å². The van der Waals surface area contributed by atoms with Gasteiger partial charge in [0.05, 0.1) is 19.1 Å². The molecule has 0 radical (unpaired) electrons. The van der Waals surface area contributed by atoms with E-state index in [4.69, 9.17) is 4.74 Å². The fourth-order valence-corrected chi connectivity index (χ4v) is 1.02. The zero-order chi connectivity index (χ0) is 10.1. The van der Waals surface area contributed by atoms with Crippen molar-refractivity contribution in [1.82, 2.24) is 0 Å². The largest absolute Gasteiger partial charge is 0.466 e. The molecule has 0 aromatic heterocycles. The van der Waals surface area contributed by atoms with Crippen molar-refractivity contribution in [1.29, 1.82) is 0 Å². The Hall–Kier alpha value is -0.570. The number of aliphatic hydroxyl groups excluding tert-OH is 1. The molecule has 1 N–H and O–H groups in total. The standard InChI is InChI=1S/C10H20O3/c1-3-5-7-13-10(12)8-9(11)6-4-2/h9,11H,3-8H2,1-2H3. The summed E-state index contributed by atoms with van der Waals surface area (Å²) in [7, 11) is 0. The molecular formula is C10H20O3. The predicted molar refractivity (Wildman–Crippen MR) is 51.4 cm³/mol. The van der Waals surface area contributed by atoms with E-state index >= 15 is 0 Å². The summed E-state index contributed by atoms with van der Waals surface area (Å²) >= 11 is 0. The van der Waals surface area contributed by atoms with Crippen molar-refractivity contribution >= 4 is 5.97 Å². The molecule has 78 valence electrons. The number of unbranched alkanes of at least 4 members (excludes halogenated alkanes) is 1. The molecule has 0 aliphatic carbocycles. The van der Waals surface area contributed by atoms with Crippen LogP contribution in [0.5, 0.6) is 0 Å². The van der Waals surface area contributed by atoms with Gasteiger partial charge >= 0.3 is 5.97 Å². The fraction of sp³-hybridized carbons (Fsp3) is 0.900. The summed E-state index contributed by atoms with van der Waals surface area (Å²) in [5.74, 6) is -0.283. The van der Waals surface area contributed by atoms with Crippen molar-refractivity contribution in [2.45, 2.75) is 52.1 Å². The van der Waals surface area contributed by atoms with E-state index in [1.54, 1.807) is 0 Å². The molecule has 1 unspecified atom stereocenters. The molecule has 3 heteroatoms. The van der Waals surface area contributed by atoms with Gasteiger partial charge in [-0.05, 0) is 12.8 Å². The molecule has 3 nitrogen and oxygen atoms in total. The van der Waals surface area contributed by atoms with Crippen LogP contribution in [0.4, 0.5) is 0 Å². The summed E-state index contributed by atoms with van der Waals surface area (Å²) in [4.78, 5) is 11.0. The molecule has 0 spiro atoms. The lowest BCUT2D eigenvalue weighted by molar-refractivity contribution is -0.146. The number of carbonyl (C=O) groups excluding carboxylic acids is 1. The smallest absolute Gasteiger partial charge is 0.308 e. The van der Waals surface area contributed by atoms with Gasteiger partial charge < -0.3 is 9.84 Å². The van der Waals surface area contributed by atoms with Crippen molar-refractivity contribution in [2.24, 2.45) is 0 Å². The van der Waals surface area contributed by atoms with Gasteiger partial charge in [0.25, 0.3) is 0 Å². The molecular weight excluding hydrogens is 168 g/mol. The van der Waals surface area contributed by atoms with Crippen LogP contribution in [0.2, 0.25) is 0 Å². The number of ether oxygens (including phenoxy) is 1. The highest BCUT2D eigenvalue weighted by Crippen LogP contribution is 2.02. The number of aliphatic hydroxyl groups is 1. The molecule has 0 aromatic carbocycles. The highest BCUT2D eigenvalue weighted by Gasteiger charge is 2.10. The highest BCUT2D eigenvalue weighted by atomic mass is 16.5. The Morgan fingerprint density at radius 1 is 1.38 bits per heavy atom. The number of carbonyl (C=O) groups is 1. The second kappa shape index (κ2) is 8.05. The van der Waals surface area contributed by atoms with Crippen LogP contribution in [0.25, 0.3) is 0 Å². The van der Waals surface area contributed by atoms with Crippen molar-refractivity contribution in [3.8, 4) is 0 Å². The van der Waals surface area contributed by atoms with E-state index in [1.807, 2.05) is 13.8 Å². The third-order valence-electron chi connectivity index (χ3n) is 1.79. The maximum absolute atomic E-state index is 11.0. The minimum absolute atomic E-state index is 0.136. The Bertz CT molecular complexity index is 134. The number of esters is 1. The molecule has 0 saturated heterocycles. The van der Waals surface area contributed by atoms with Crippen LogP contribution in [0.1, 0.15) is 46.0 Å². The van der Waals surface area contributed by atoms with Crippen LogP contribution in [-0.2, 0) is 9.53 Å². The van der Waals surface area contributed by atoms with E-state index in [2.05, 4.69) is 0 Å². The minimum atomic E-state index is -0.529. The van der Waals surface area contributed by atoms with Gasteiger partial charge in [-0.2, -0.15) is 0 Å². The second-order valence-electron chi connectivity index (χ2n) is 3.22. The monoisotopic (exact) mass is 188 g/mol. The fourth-order valence-electron chi connectivity index (χ4n) is 1.02. The maximum atomic E-state index is 11.0. The Labute approximate surface area is 80.1 Å². The average molecular weight is 188 g/mol. The Balaban J connectivity index is 3.38. The maximum Gasteiger partial charge on any atom is 0.308 e. The van der Waals surface area contributed by atoms with Crippen molar-refractivity contribution < 1.29 is 14.6 Å². The van der Waals surface area contributed by atoms with E-state index in [-0.39, 0.29) is 12.4 Å². The lowest BCUT2D eigenvalue weighted by Gasteiger charge is -2.08. The SMILES string of the molecule is CCCCOC(=O)CC(O)CCC. The molecule has 1 atom stereocenters. The molecule has 0 aromatic rings. The van der Waals surface area contributed by atoms with Gasteiger partial charge in [0.15, 0.2) is 0 Å². The van der Waals surface area contributed by atoms with Crippen LogP contribution in [-0.4, -0.2) is 23.8 Å². The van der Waals surface area contributed by atoms with Gasteiger partial charge in [0.2, 0.25) is 0 Å². The molecule has 0 saturated carbocycles. The zero-order valence-electron chi connectivity index (χ0n) is 8.58. The van der Waals surface area contributed by atoms with Crippen LogP contribution in [0.3, 0.4) is 0 Å². The second-order valence-corrected chi connectivity index (χ2v) is 3.22. The van der Waals surface area contributed by atoms with Gasteiger partial charge in [-0.3, -0.25) is 4.79 Å². The van der Waals surface area contributed by atoms with Gasteiger partial charge in [-0.15, -0.1) is 0 Å². The molecule has 0 aliphatic rings. The number of hydrogen-bond donors (Lipinski definition) is 1. The van der Waals surface area contributed by atoms with Crippen LogP contribution >= 0.6 is 0 Å². The summed E-state index contributed by atoms with van der Waals surface area (Å²) in [6.07, 6.45) is 3.09. The highest BCUT2D eigenvalue weighted by molar-refractivity contribution is 5.69. The first kappa shape index (κ1) is 12.4. The molecule has 0 amide bonds. The number of hydrogen-bond acceptors (Lipinski definition) is 3. The summed E-state index contributed by atoms with van der Waals surface area (Å²) in [5.41, 5.74) is 0. The van der Waals surface area contributed by atoms with E-state index < -0.39 is 6.10 Å². The predicted octanol–water partition coefficient (Wildman–Crippen LogP) is 1.88. The third kappa shape index (κ3) is 7.78. The van der Waals surface area contributed by atoms with Crippen LogP contribution in [0, 0.1) is 0 Å². The molecule has 0 rings (SSSR count). The summed E-state index contributed by atoms with van der Waals surface area (Å²) < 4.78 is 4.90. The van der Waals surface area contributed by atoms with Gasteiger partial charge in [-0.1, -0.05) is 26.7 Å². The lowest BCUT2D eigenvalue weighted by Crippen LogP contribution is -2.15. The normalized spacial score (nSPS) is 12.5. The molecule has 13 heavy (non-hydrogen) atoms. The molecule has 0 heterocycles. The molecule has 0 fully saturated rings. The Kier molecular flexibility index (Phi) is 7.69. The van der Waals surface area contributed by atoms with Crippen LogP contribution < -0.4 is 0 Å². The minimum Gasteiger partial charge on any atom is -0.466 e. The first-order valence-corrected chi connectivity index (χ1v) is 5.04. The zero-order valence-corrected chi connectivity index (χ0v) is 8.58. The van der Waals surface area contributed by atoms with E-state index in [0.717, 1.165) is 19.3 Å². The van der Waals surface area contributed by atoms with Crippen molar-refractivity contribution in [2.75, 3.05) is 6.61 Å². The summed E-state index contributed by atoms with van der Waals surface area (Å²) in [5, 5.41) is 9.28. The van der Waals surface area contributed by atoms with Gasteiger partial charge in [0.1, 0.15) is 0 Å². The van der Waals surface area contributed by atoms with Crippen LogP contribution in [0.15, 0.2) is 0 Å². The lowest BCUT2D eigenvalue weighted by atomic mass is 10.1. The first-order chi connectivity index (χ1) is 6.20. The Morgan fingerprint density at radius 3 is 2.62 bits per heavy atom. The van der Waals surface area contributed by atoms with E-state index in [0.29, 0.717) is 13.0 Å². The summed E-state index contributed by atoms with van der Waals surface area (Å²) in [6.45, 7) is 4.50. The van der Waals surface area contributed by atoms with Gasteiger partial charge in [0, 0.05) is 0 Å². The Morgan fingerprint density at radius 2 is 2.08 bits per heavy atom. The first-order valence-electron chi connectivity index (χ1n) is 5.04. The quantitative estimate of drug-likeness (QED) is 0.490.